The zero-order valence-corrected chi connectivity index (χ0v) is 11.3. The molecule has 96 valence electrons. The van der Waals surface area contributed by atoms with Crippen LogP contribution in [0, 0.1) is 6.92 Å². The molecule has 0 atom stereocenters. The molecule has 18 heavy (non-hydrogen) atoms. The Bertz CT molecular complexity index is 525. The largest absolute Gasteiger partial charge is 0.493 e. The molecular formula is C13H16N2O2S. The third kappa shape index (κ3) is 3.13. The first-order valence-corrected chi connectivity index (χ1v) is 6.54. The van der Waals surface area contributed by atoms with Gasteiger partial charge in [-0.1, -0.05) is 6.07 Å². The Balaban J connectivity index is 1.94. The second-order valence-corrected chi connectivity index (χ2v) is 4.82. The molecule has 0 aliphatic rings. The number of thiazole rings is 1. The molecule has 4 nitrogen and oxygen atoms in total. The average molecular weight is 264 g/mol. The van der Waals surface area contributed by atoms with Gasteiger partial charge in [0, 0.05) is 11.8 Å². The van der Waals surface area contributed by atoms with E-state index < -0.39 is 0 Å². The van der Waals surface area contributed by atoms with E-state index in [1.165, 1.54) is 11.3 Å². The smallest absolute Gasteiger partial charge is 0.180 e. The number of nitrogens with two attached hydrogens (primary N) is 1. The van der Waals surface area contributed by atoms with Crippen LogP contribution in [0.1, 0.15) is 11.3 Å². The van der Waals surface area contributed by atoms with E-state index in [2.05, 4.69) is 4.98 Å². The number of aromatic nitrogens is 1. The van der Waals surface area contributed by atoms with E-state index in [1.54, 1.807) is 7.11 Å². The van der Waals surface area contributed by atoms with Gasteiger partial charge < -0.3 is 15.2 Å². The number of benzene rings is 1. The fraction of sp³-hybridized carbons (Fsp3) is 0.308. The summed E-state index contributed by atoms with van der Waals surface area (Å²) in [6.07, 6.45) is 0.741. The van der Waals surface area contributed by atoms with Crippen molar-refractivity contribution in [3.05, 3.63) is 34.8 Å². The molecule has 0 bridgehead atoms. The molecule has 0 amide bonds. The van der Waals surface area contributed by atoms with Gasteiger partial charge in [0.15, 0.2) is 16.6 Å². The van der Waals surface area contributed by atoms with E-state index in [0.717, 1.165) is 29.2 Å². The maximum atomic E-state index is 5.70. The standard InChI is InChI=1S/C13H16N2O2S/c1-9-3-4-11(12(7-9)16-2)17-6-5-10-8-18-13(14)15-10/h3-4,7-8H,5-6H2,1-2H3,(H2,14,15). The Morgan fingerprint density at radius 2 is 2.17 bits per heavy atom. The number of anilines is 1. The van der Waals surface area contributed by atoms with E-state index in [9.17, 15) is 0 Å². The van der Waals surface area contributed by atoms with E-state index in [4.69, 9.17) is 15.2 Å². The summed E-state index contributed by atoms with van der Waals surface area (Å²) in [6.45, 7) is 2.58. The van der Waals surface area contributed by atoms with Crippen LogP contribution < -0.4 is 15.2 Å². The van der Waals surface area contributed by atoms with Gasteiger partial charge in [-0.05, 0) is 24.6 Å². The summed E-state index contributed by atoms with van der Waals surface area (Å²) < 4.78 is 11.0. The van der Waals surface area contributed by atoms with Crippen LogP contribution in [0.25, 0.3) is 0 Å². The van der Waals surface area contributed by atoms with Crippen molar-refractivity contribution in [3.63, 3.8) is 0 Å². The first-order chi connectivity index (χ1) is 8.69. The average Bonchev–Trinajstić information content (AvgIpc) is 2.77. The summed E-state index contributed by atoms with van der Waals surface area (Å²) in [5.74, 6) is 1.51. The van der Waals surface area contributed by atoms with Crippen molar-refractivity contribution in [2.24, 2.45) is 0 Å². The Morgan fingerprint density at radius 3 is 2.83 bits per heavy atom. The molecule has 2 aromatic rings. The minimum atomic E-state index is 0.558. The van der Waals surface area contributed by atoms with Crippen LogP contribution in [0.2, 0.25) is 0 Å². The fourth-order valence-corrected chi connectivity index (χ4v) is 2.19. The van der Waals surface area contributed by atoms with Gasteiger partial charge in [0.1, 0.15) is 0 Å². The van der Waals surface area contributed by atoms with Gasteiger partial charge in [-0.25, -0.2) is 4.98 Å². The zero-order chi connectivity index (χ0) is 13.0. The van der Waals surface area contributed by atoms with Gasteiger partial charge in [-0.2, -0.15) is 0 Å². The maximum Gasteiger partial charge on any atom is 0.180 e. The number of aryl methyl sites for hydroxylation is 1. The number of nitrogens with zero attached hydrogens (tertiary/aromatic N) is 1. The predicted octanol–water partition coefficient (Wildman–Crippen LogP) is 2.66. The van der Waals surface area contributed by atoms with Gasteiger partial charge in [-0.15, -0.1) is 11.3 Å². The first kappa shape index (κ1) is 12.7. The van der Waals surface area contributed by atoms with Gasteiger partial charge in [0.2, 0.25) is 0 Å². The van der Waals surface area contributed by atoms with Gasteiger partial charge in [-0.3, -0.25) is 0 Å². The monoisotopic (exact) mass is 264 g/mol. The maximum absolute atomic E-state index is 5.70. The second-order valence-electron chi connectivity index (χ2n) is 3.93. The number of hydrogen-bond donors (Lipinski definition) is 1. The first-order valence-electron chi connectivity index (χ1n) is 5.66. The molecule has 0 radical (unpaired) electrons. The van der Waals surface area contributed by atoms with Crippen molar-refractivity contribution in [2.75, 3.05) is 19.5 Å². The third-order valence-corrected chi connectivity index (χ3v) is 3.23. The molecule has 1 aromatic heterocycles. The lowest BCUT2D eigenvalue weighted by Gasteiger charge is -2.10. The molecule has 1 heterocycles. The molecule has 2 rings (SSSR count). The molecule has 0 spiro atoms. The van der Waals surface area contributed by atoms with Crippen LogP contribution in [0.3, 0.4) is 0 Å². The van der Waals surface area contributed by atoms with E-state index >= 15 is 0 Å². The Labute approximate surface area is 110 Å². The SMILES string of the molecule is COc1cc(C)ccc1OCCc1csc(N)n1. The molecular weight excluding hydrogens is 248 g/mol. The molecule has 0 aliphatic heterocycles. The fourth-order valence-electron chi connectivity index (χ4n) is 1.60. The molecule has 2 N–H and O–H groups in total. The predicted molar refractivity (Wildman–Crippen MR) is 73.5 cm³/mol. The summed E-state index contributed by atoms with van der Waals surface area (Å²) in [7, 11) is 1.64. The minimum Gasteiger partial charge on any atom is -0.493 e. The summed E-state index contributed by atoms with van der Waals surface area (Å²) in [5, 5.41) is 2.54. The van der Waals surface area contributed by atoms with Crippen LogP contribution in [-0.4, -0.2) is 18.7 Å². The van der Waals surface area contributed by atoms with E-state index in [1.807, 2.05) is 30.5 Å². The molecule has 0 saturated carbocycles. The lowest BCUT2D eigenvalue weighted by atomic mass is 10.2. The van der Waals surface area contributed by atoms with Crippen molar-refractivity contribution < 1.29 is 9.47 Å². The molecule has 1 aromatic carbocycles. The third-order valence-electron chi connectivity index (χ3n) is 2.50. The van der Waals surface area contributed by atoms with Gasteiger partial charge in [0.25, 0.3) is 0 Å². The second kappa shape index (κ2) is 5.73. The van der Waals surface area contributed by atoms with Crippen molar-refractivity contribution in [1.29, 1.82) is 0 Å². The van der Waals surface area contributed by atoms with E-state index in [-0.39, 0.29) is 0 Å². The van der Waals surface area contributed by atoms with Crippen LogP contribution in [0.5, 0.6) is 11.5 Å². The van der Waals surface area contributed by atoms with Crippen LogP contribution >= 0.6 is 11.3 Å². The van der Waals surface area contributed by atoms with Gasteiger partial charge in [0.05, 0.1) is 19.4 Å². The number of ether oxygens (including phenoxy) is 2. The van der Waals surface area contributed by atoms with Crippen molar-refractivity contribution >= 4 is 16.5 Å². The lowest BCUT2D eigenvalue weighted by Crippen LogP contribution is -2.03. The zero-order valence-electron chi connectivity index (χ0n) is 10.5. The number of methoxy groups -OCH3 is 1. The van der Waals surface area contributed by atoms with E-state index in [0.29, 0.717) is 11.7 Å². The molecule has 0 saturated heterocycles. The lowest BCUT2D eigenvalue weighted by molar-refractivity contribution is 0.296. The highest BCUT2D eigenvalue weighted by Gasteiger charge is 2.05. The van der Waals surface area contributed by atoms with Gasteiger partial charge >= 0.3 is 0 Å². The number of rotatable bonds is 5. The molecule has 0 unspecified atom stereocenters. The summed E-state index contributed by atoms with van der Waals surface area (Å²) in [5.41, 5.74) is 7.68. The highest BCUT2D eigenvalue weighted by molar-refractivity contribution is 7.13. The quantitative estimate of drug-likeness (QED) is 0.902. The number of nitrogen functional groups attached to an aromatic ring is 1. The van der Waals surface area contributed by atoms with Crippen molar-refractivity contribution in [3.8, 4) is 11.5 Å². The highest BCUT2D eigenvalue weighted by atomic mass is 32.1. The van der Waals surface area contributed by atoms with Crippen LogP contribution in [0.4, 0.5) is 5.13 Å². The Hall–Kier alpha value is -1.75. The normalized spacial score (nSPS) is 10.3. The molecule has 0 fully saturated rings. The van der Waals surface area contributed by atoms with Crippen molar-refractivity contribution in [1.82, 2.24) is 4.98 Å². The van der Waals surface area contributed by atoms with Crippen LogP contribution in [0.15, 0.2) is 23.6 Å². The molecule has 0 aliphatic carbocycles. The molecule has 5 heteroatoms. The summed E-state index contributed by atoms with van der Waals surface area (Å²) in [4.78, 5) is 4.18. The van der Waals surface area contributed by atoms with Crippen LogP contribution in [-0.2, 0) is 6.42 Å². The number of hydrogen-bond acceptors (Lipinski definition) is 5. The Kier molecular flexibility index (Phi) is 4.04. The Morgan fingerprint density at radius 1 is 1.33 bits per heavy atom. The van der Waals surface area contributed by atoms with Crippen molar-refractivity contribution in [2.45, 2.75) is 13.3 Å². The topological polar surface area (TPSA) is 57.4 Å². The summed E-state index contributed by atoms with van der Waals surface area (Å²) >= 11 is 1.45. The minimum absolute atomic E-state index is 0.558. The summed E-state index contributed by atoms with van der Waals surface area (Å²) in [6, 6.07) is 5.87. The highest BCUT2D eigenvalue weighted by Crippen LogP contribution is 2.27.